The molecule has 1 aromatic heterocycles. The molecule has 1 saturated heterocycles. The van der Waals surface area contributed by atoms with Crippen LogP contribution in [0.3, 0.4) is 0 Å². The molecule has 0 radical (unpaired) electrons. The maximum Gasteiger partial charge on any atom is 0.250 e. The van der Waals surface area contributed by atoms with Crippen LogP contribution in [-0.4, -0.2) is 48.7 Å². The monoisotopic (exact) mass is 271 g/mol. The number of hydrogen-bond donors (Lipinski definition) is 2. The lowest BCUT2D eigenvalue weighted by molar-refractivity contribution is -0.132. The summed E-state index contributed by atoms with van der Waals surface area (Å²) in [6.45, 7) is 1.41. The second-order valence-corrected chi connectivity index (χ2v) is 4.19. The number of carbonyl (C=O) groups excluding carboxylic acids is 1. The Kier molecular flexibility index (Phi) is 3.83. The molecule has 18 heavy (non-hydrogen) atoms. The van der Waals surface area contributed by atoms with E-state index in [1.54, 1.807) is 7.05 Å². The Morgan fingerprint density at radius 1 is 1.67 bits per heavy atom. The van der Waals surface area contributed by atoms with E-state index in [1.165, 1.54) is 6.33 Å². The van der Waals surface area contributed by atoms with Gasteiger partial charge in [-0.1, -0.05) is 11.6 Å². The number of nitrogens with one attached hydrogen (secondary N) is 1. The third-order valence-corrected chi connectivity index (χ3v) is 3.07. The molecular formula is C10H14ClN5O2. The van der Waals surface area contributed by atoms with Crippen LogP contribution in [0.5, 0.6) is 0 Å². The Morgan fingerprint density at radius 3 is 3.17 bits per heavy atom. The maximum atomic E-state index is 11.5. The minimum atomic E-state index is -0.531. The van der Waals surface area contributed by atoms with Gasteiger partial charge in [0, 0.05) is 13.6 Å². The molecule has 3 N–H and O–H groups in total. The molecule has 98 valence electrons. The van der Waals surface area contributed by atoms with Gasteiger partial charge in [0.2, 0.25) is 0 Å². The van der Waals surface area contributed by atoms with E-state index in [2.05, 4.69) is 15.3 Å². The van der Waals surface area contributed by atoms with Crippen molar-refractivity contribution in [1.29, 1.82) is 0 Å². The maximum absolute atomic E-state index is 11.5. The Balaban J connectivity index is 2.18. The molecule has 0 spiro atoms. The zero-order valence-electron chi connectivity index (χ0n) is 9.89. The van der Waals surface area contributed by atoms with Crippen LogP contribution in [0.4, 0.5) is 11.6 Å². The molecule has 1 aromatic rings. The molecule has 0 aliphatic carbocycles. The molecule has 1 aliphatic rings. The summed E-state index contributed by atoms with van der Waals surface area (Å²) in [6.07, 6.45) is 0.817. The topological polar surface area (TPSA) is 93.4 Å². The molecule has 1 aliphatic heterocycles. The van der Waals surface area contributed by atoms with E-state index in [0.717, 1.165) is 0 Å². The highest BCUT2D eigenvalue weighted by Crippen LogP contribution is 2.28. The first-order valence-corrected chi connectivity index (χ1v) is 5.85. The van der Waals surface area contributed by atoms with Crippen molar-refractivity contribution >= 4 is 29.1 Å². The van der Waals surface area contributed by atoms with Crippen molar-refractivity contribution in [3.63, 3.8) is 0 Å². The first kappa shape index (κ1) is 12.8. The fourth-order valence-electron chi connectivity index (χ4n) is 1.76. The molecular weight excluding hydrogens is 258 g/mol. The number of morpholine rings is 1. The Morgan fingerprint density at radius 2 is 2.44 bits per heavy atom. The fraction of sp³-hybridized carbons (Fsp3) is 0.500. The van der Waals surface area contributed by atoms with E-state index in [0.29, 0.717) is 30.5 Å². The van der Waals surface area contributed by atoms with E-state index in [-0.39, 0.29) is 11.7 Å². The van der Waals surface area contributed by atoms with Crippen LogP contribution in [0.25, 0.3) is 0 Å². The highest BCUT2D eigenvalue weighted by molar-refractivity contribution is 6.35. The number of anilines is 2. The van der Waals surface area contributed by atoms with E-state index in [1.807, 2.05) is 4.90 Å². The van der Waals surface area contributed by atoms with Gasteiger partial charge in [-0.2, -0.15) is 0 Å². The van der Waals surface area contributed by atoms with E-state index < -0.39 is 6.10 Å². The lowest BCUT2D eigenvalue weighted by atomic mass is 10.2. The number of carbonyl (C=O) groups is 1. The van der Waals surface area contributed by atoms with Gasteiger partial charge in [-0.15, -0.1) is 0 Å². The Labute approximate surface area is 109 Å². The summed E-state index contributed by atoms with van der Waals surface area (Å²) in [5, 5.41) is 2.85. The van der Waals surface area contributed by atoms with Gasteiger partial charge in [-0.05, 0) is 0 Å². The normalized spacial score (nSPS) is 19.7. The summed E-state index contributed by atoms with van der Waals surface area (Å²) in [7, 11) is 1.57. The van der Waals surface area contributed by atoms with Gasteiger partial charge in [-0.3, -0.25) is 4.79 Å². The second kappa shape index (κ2) is 5.36. The summed E-state index contributed by atoms with van der Waals surface area (Å²) < 4.78 is 5.38. The molecule has 8 heteroatoms. The number of nitrogen functional groups attached to an aromatic ring is 1. The lowest BCUT2D eigenvalue weighted by Crippen LogP contribution is -2.49. The van der Waals surface area contributed by atoms with Crippen molar-refractivity contribution in [2.75, 3.05) is 37.4 Å². The van der Waals surface area contributed by atoms with Crippen molar-refractivity contribution in [3.8, 4) is 0 Å². The minimum Gasteiger partial charge on any atom is -0.382 e. The van der Waals surface area contributed by atoms with Gasteiger partial charge in [-0.25, -0.2) is 9.97 Å². The fourth-order valence-corrected chi connectivity index (χ4v) is 1.97. The average molecular weight is 272 g/mol. The molecule has 0 aromatic carbocycles. The molecule has 1 fully saturated rings. The van der Waals surface area contributed by atoms with Crippen LogP contribution in [0.2, 0.25) is 5.02 Å². The number of nitrogens with two attached hydrogens (primary N) is 1. The number of amides is 1. The number of halogens is 1. The van der Waals surface area contributed by atoms with E-state index >= 15 is 0 Å². The number of ether oxygens (including phenoxy) is 1. The third-order valence-electron chi connectivity index (χ3n) is 2.70. The molecule has 0 saturated carbocycles. The largest absolute Gasteiger partial charge is 0.382 e. The van der Waals surface area contributed by atoms with Gasteiger partial charge in [0.1, 0.15) is 17.2 Å². The van der Waals surface area contributed by atoms with E-state index in [4.69, 9.17) is 22.1 Å². The Bertz CT molecular complexity index is 456. The zero-order chi connectivity index (χ0) is 13.1. The highest BCUT2D eigenvalue weighted by Gasteiger charge is 2.28. The number of likely N-dealkylation sites (N-methyl/N-ethyl adjacent to an activating group) is 1. The summed E-state index contributed by atoms with van der Waals surface area (Å²) in [5.74, 6) is 0.587. The van der Waals surface area contributed by atoms with Gasteiger partial charge in [0.05, 0.1) is 13.2 Å². The number of hydrogen-bond acceptors (Lipinski definition) is 6. The van der Waals surface area contributed by atoms with Crippen LogP contribution in [0, 0.1) is 0 Å². The quantitative estimate of drug-likeness (QED) is 0.765. The predicted octanol–water partition coefficient (Wildman–Crippen LogP) is -0.337. The molecule has 2 rings (SSSR count). The highest BCUT2D eigenvalue weighted by atomic mass is 35.5. The predicted molar refractivity (Wildman–Crippen MR) is 67.5 cm³/mol. The first-order valence-electron chi connectivity index (χ1n) is 5.47. The van der Waals surface area contributed by atoms with Crippen molar-refractivity contribution in [1.82, 2.24) is 15.3 Å². The number of rotatable bonds is 2. The minimum absolute atomic E-state index is 0.169. The molecule has 0 bridgehead atoms. The van der Waals surface area contributed by atoms with Gasteiger partial charge in [0.15, 0.2) is 11.9 Å². The first-order chi connectivity index (χ1) is 8.63. The molecule has 2 heterocycles. The number of nitrogens with zero attached hydrogens (tertiary/aromatic N) is 3. The second-order valence-electron chi connectivity index (χ2n) is 3.82. The van der Waals surface area contributed by atoms with Crippen LogP contribution in [0.1, 0.15) is 0 Å². The zero-order valence-corrected chi connectivity index (χ0v) is 10.6. The SMILES string of the molecule is CNC(=O)C1CN(c2ncnc(N)c2Cl)CCO1. The van der Waals surface area contributed by atoms with Crippen molar-refractivity contribution in [2.45, 2.75) is 6.10 Å². The van der Waals surface area contributed by atoms with Crippen molar-refractivity contribution < 1.29 is 9.53 Å². The van der Waals surface area contributed by atoms with Gasteiger partial charge >= 0.3 is 0 Å². The molecule has 1 atom stereocenters. The Hall–Kier alpha value is -1.60. The van der Waals surface area contributed by atoms with Crippen molar-refractivity contribution in [2.24, 2.45) is 0 Å². The summed E-state index contributed by atoms with van der Waals surface area (Å²) in [6, 6.07) is 0. The standard InChI is InChI=1S/C10H14ClN5O2/c1-13-10(17)6-4-16(2-3-18-6)9-7(11)8(12)14-5-15-9/h5-6H,2-4H2,1H3,(H,13,17)(H2,12,14,15). The van der Waals surface area contributed by atoms with Gasteiger partial charge in [0.25, 0.3) is 5.91 Å². The molecule has 1 unspecified atom stereocenters. The molecule has 1 amide bonds. The van der Waals surface area contributed by atoms with E-state index in [9.17, 15) is 4.79 Å². The summed E-state index contributed by atoms with van der Waals surface area (Å²) >= 11 is 6.05. The lowest BCUT2D eigenvalue weighted by Gasteiger charge is -2.33. The van der Waals surface area contributed by atoms with Crippen LogP contribution in [-0.2, 0) is 9.53 Å². The van der Waals surface area contributed by atoms with Gasteiger partial charge < -0.3 is 20.7 Å². The van der Waals surface area contributed by atoms with Crippen LogP contribution < -0.4 is 16.0 Å². The van der Waals surface area contributed by atoms with Crippen molar-refractivity contribution in [3.05, 3.63) is 11.3 Å². The van der Waals surface area contributed by atoms with Crippen LogP contribution >= 0.6 is 11.6 Å². The van der Waals surface area contributed by atoms with Crippen LogP contribution in [0.15, 0.2) is 6.33 Å². The summed E-state index contributed by atoms with van der Waals surface area (Å²) in [5.41, 5.74) is 5.63. The number of aromatic nitrogens is 2. The average Bonchev–Trinajstić information content (AvgIpc) is 2.41. The third kappa shape index (κ3) is 2.46. The molecule has 7 nitrogen and oxygen atoms in total. The summed E-state index contributed by atoms with van der Waals surface area (Å²) in [4.78, 5) is 21.3. The smallest absolute Gasteiger partial charge is 0.250 e.